The Morgan fingerprint density at radius 2 is 2.30 bits per heavy atom. The number of hydrogen-bond donors (Lipinski definition) is 0. The topological polar surface area (TPSA) is 0 Å². The summed E-state index contributed by atoms with van der Waals surface area (Å²) in [5.41, 5.74) is 1.61. The van der Waals surface area contributed by atoms with Gasteiger partial charge in [-0.05, 0) is 19.3 Å². The van der Waals surface area contributed by atoms with E-state index < -0.39 is 0 Å². The van der Waals surface area contributed by atoms with Crippen LogP contribution >= 0.6 is 0 Å². The average molecular weight is 213 g/mol. The molecule has 0 saturated carbocycles. The molecular weight excluding hydrogens is 199 g/mol. The van der Waals surface area contributed by atoms with Crippen LogP contribution in [0.4, 0.5) is 0 Å². The molecule has 0 spiro atoms. The predicted molar refractivity (Wildman–Crippen MR) is 41.4 cm³/mol. The van der Waals surface area contributed by atoms with Crippen molar-refractivity contribution >= 4 is 0 Å². The minimum absolute atomic E-state index is 0. The van der Waals surface area contributed by atoms with Gasteiger partial charge in [0.25, 0.3) is 0 Å². The largest absolute Gasteiger partial charge is 0.0805 e. The standard InChI is InChI=1S/C9H14.Zr/c1-2-3-6-9-7-4-5-8-9;/h4-5,7H,2-3,6,8H2,1H3;. The normalized spacial score (nSPS) is 14.7. The fourth-order valence-corrected chi connectivity index (χ4v) is 1.08. The summed E-state index contributed by atoms with van der Waals surface area (Å²) in [5, 5.41) is 0. The number of allylic oxidation sites excluding steroid dienone is 4. The van der Waals surface area contributed by atoms with Crippen LogP contribution in [0.3, 0.4) is 0 Å². The van der Waals surface area contributed by atoms with Gasteiger partial charge in [0, 0.05) is 26.2 Å². The van der Waals surface area contributed by atoms with Gasteiger partial charge in [-0.1, -0.05) is 37.1 Å². The van der Waals surface area contributed by atoms with Crippen LogP contribution in [0.15, 0.2) is 23.8 Å². The first-order valence-corrected chi connectivity index (χ1v) is 3.78. The van der Waals surface area contributed by atoms with Gasteiger partial charge >= 0.3 is 0 Å². The summed E-state index contributed by atoms with van der Waals surface area (Å²) in [6.07, 6.45) is 11.8. The van der Waals surface area contributed by atoms with Gasteiger partial charge in [-0.2, -0.15) is 0 Å². The van der Waals surface area contributed by atoms with E-state index >= 15 is 0 Å². The molecule has 0 unspecified atom stereocenters. The predicted octanol–water partition coefficient (Wildman–Crippen LogP) is 3.06. The van der Waals surface area contributed by atoms with Gasteiger partial charge in [0.05, 0.1) is 0 Å². The zero-order chi connectivity index (χ0) is 6.53. The van der Waals surface area contributed by atoms with E-state index in [1.54, 1.807) is 5.57 Å². The van der Waals surface area contributed by atoms with E-state index in [0.29, 0.717) is 0 Å². The van der Waals surface area contributed by atoms with Crippen LogP contribution in [-0.2, 0) is 26.2 Å². The van der Waals surface area contributed by atoms with Crippen molar-refractivity contribution in [3.05, 3.63) is 23.8 Å². The van der Waals surface area contributed by atoms with Crippen LogP contribution in [0.2, 0.25) is 0 Å². The number of unbranched alkanes of at least 4 members (excludes halogenated alkanes) is 1. The molecule has 0 heterocycles. The van der Waals surface area contributed by atoms with Gasteiger partial charge in [-0.3, -0.25) is 0 Å². The maximum Gasteiger partial charge on any atom is 0 e. The van der Waals surface area contributed by atoms with Crippen molar-refractivity contribution in [2.45, 2.75) is 32.6 Å². The van der Waals surface area contributed by atoms with Gasteiger partial charge in [-0.15, -0.1) is 0 Å². The molecule has 1 heteroatoms. The summed E-state index contributed by atoms with van der Waals surface area (Å²) >= 11 is 0. The van der Waals surface area contributed by atoms with Crippen LogP contribution in [0, 0.1) is 0 Å². The van der Waals surface area contributed by atoms with Gasteiger partial charge in [0.15, 0.2) is 0 Å². The zero-order valence-electron chi connectivity index (χ0n) is 6.56. The maximum absolute atomic E-state index is 2.25. The molecule has 0 nitrogen and oxygen atoms in total. The van der Waals surface area contributed by atoms with Crippen molar-refractivity contribution in [2.75, 3.05) is 0 Å². The summed E-state index contributed by atoms with van der Waals surface area (Å²) in [5.74, 6) is 0. The minimum atomic E-state index is 0. The molecular formula is C9H14Zr. The molecule has 0 aromatic carbocycles. The third-order valence-electron chi connectivity index (χ3n) is 1.70. The Labute approximate surface area is 82.5 Å². The fourth-order valence-electron chi connectivity index (χ4n) is 1.08. The second-order valence-corrected chi connectivity index (χ2v) is 2.56. The first-order chi connectivity index (χ1) is 4.43. The molecule has 0 N–H and O–H groups in total. The molecule has 1 aliphatic carbocycles. The Kier molecular flexibility index (Phi) is 6.32. The van der Waals surface area contributed by atoms with Crippen LogP contribution in [-0.4, -0.2) is 0 Å². The van der Waals surface area contributed by atoms with Gasteiger partial charge in [-0.25, -0.2) is 0 Å². The summed E-state index contributed by atoms with van der Waals surface area (Å²) in [7, 11) is 0. The maximum atomic E-state index is 2.25. The molecule has 1 aliphatic rings. The Bertz CT molecular complexity index is 134. The van der Waals surface area contributed by atoms with Crippen molar-refractivity contribution in [2.24, 2.45) is 0 Å². The molecule has 0 saturated heterocycles. The molecule has 0 fully saturated rings. The van der Waals surface area contributed by atoms with Crippen molar-refractivity contribution < 1.29 is 26.2 Å². The molecule has 54 valence electrons. The van der Waals surface area contributed by atoms with Crippen molar-refractivity contribution in [1.29, 1.82) is 0 Å². The van der Waals surface area contributed by atoms with Crippen molar-refractivity contribution in [3.8, 4) is 0 Å². The van der Waals surface area contributed by atoms with E-state index in [0.717, 1.165) is 0 Å². The Hall–Kier alpha value is 0.363. The third-order valence-corrected chi connectivity index (χ3v) is 1.70. The third kappa shape index (κ3) is 3.51. The molecule has 1 rings (SSSR count). The molecule has 0 atom stereocenters. The molecule has 0 aromatic heterocycles. The summed E-state index contributed by atoms with van der Waals surface area (Å²) < 4.78 is 0. The molecule has 0 bridgehead atoms. The summed E-state index contributed by atoms with van der Waals surface area (Å²) in [4.78, 5) is 0. The van der Waals surface area contributed by atoms with Crippen LogP contribution in [0.5, 0.6) is 0 Å². The molecule has 0 aliphatic heterocycles. The van der Waals surface area contributed by atoms with E-state index in [2.05, 4.69) is 25.2 Å². The summed E-state index contributed by atoms with van der Waals surface area (Å²) in [6, 6.07) is 0. The quantitative estimate of drug-likeness (QED) is 0.676. The van der Waals surface area contributed by atoms with E-state index in [4.69, 9.17) is 0 Å². The van der Waals surface area contributed by atoms with Gasteiger partial charge < -0.3 is 0 Å². The second kappa shape index (κ2) is 6.10. The van der Waals surface area contributed by atoms with Crippen molar-refractivity contribution in [1.82, 2.24) is 0 Å². The SMILES string of the molecule is CCCCC1=CC=CC1.[Zr]. The second-order valence-electron chi connectivity index (χ2n) is 2.56. The van der Waals surface area contributed by atoms with E-state index in [9.17, 15) is 0 Å². The average Bonchev–Trinajstić information content (AvgIpc) is 2.34. The van der Waals surface area contributed by atoms with E-state index in [-0.39, 0.29) is 26.2 Å². The smallest absolute Gasteiger partial charge is 0 e. The number of hydrogen-bond acceptors (Lipinski definition) is 0. The fraction of sp³-hybridized carbons (Fsp3) is 0.556. The monoisotopic (exact) mass is 212 g/mol. The zero-order valence-corrected chi connectivity index (χ0v) is 9.02. The first-order valence-electron chi connectivity index (χ1n) is 3.78. The van der Waals surface area contributed by atoms with E-state index in [1.165, 1.54) is 25.7 Å². The first kappa shape index (κ1) is 10.4. The van der Waals surface area contributed by atoms with Gasteiger partial charge in [0.1, 0.15) is 0 Å². The van der Waals surface area contributed by atoms with Crippen molar-refractivity contribution in [3.63, 3.8) is 0 Å². The molecule has 0 radical (unpaired) electrons. The molecule has 0 amide bonds. The molecule has 0 aromatic rings. The van der Waals surface area contributed by atoms with Gasteiger partial charge in [0.2, 0.25) is 0 Å². The minimum Gasteiger partial charge on any atom is -0.0805 e. The summed E-state index contributed by atoms with van der Waals surface area (Å²) in [6.45, 7) is 2.24. The Morgan fingerprint density at radius 3 is 2.80 bits per heavy atom. The van der Waals surface area contributed by atoms with Crippen LogP contribution in [0.1, 0.15) is 32.6 Å². The Balaban J connectivity index is 0.000000810. The van der Waals surface area contributed by atoms with Crippen LogP contribution < -0.4 is 0 Å². The molecule has 10 heavy (non-hydrogen) atoms. The van der Waals surface area contributed by atoms with E-state index in [1.807, 2.05) is 0 Å². The number of rotatable bonds is 3. The Morgan fingerprint density at radius 1 is 1.50 bits per heavy atom. The van der Waals surface area contributed by atoms with Crippen LogP contribution in [0.25, 0.3) is 0 Å².